The van der Waals surface area contributed by atoms with E-state index in [0.717, 1.165) is 21.0 Å². The molecule has 3 N–H and O–H groups in total. The van der Waals surface area contributed by atoms with Gasteiger partial charge >= 0.3 is 4.87 Å². The van der Waals surface area contributed by atoms with Gasteiger partial charge in [0.2, 0.25) is 0 Å². The van der Waals surface area contributed by atoms with Crippen LogP contribution in [0.2, 0.25) is 10.0 Å². The number of benzene rings is 1. The van der Waals surface area contributed by atoms with Crippen LogP contribution in [-0.2, 0) is 4.74 Å². The first-order valence-electron chi connectivity index (χ1n) is 6.62. The molecule has 1 aliphatic heterocycles. The number of morpholine rings is 1. The molecule has 1 saturated heterocycles. The fourth-order valence-corrected chi connectivity index (χ4v) is 3.61. The number of thiazole rings is 1. The second-order valence-corrected chi connectivity index (χ2v) is 6.47. The number of anilines is 3. The third kappa shape index (κ3) is 2.89. The standard InChI is InChI=1S/C13H14Cl2N4O2S/c14-8-2-1-3-9(15)10(8)17-11-12(22-13(20)19(11)16)18-4-6-21-7-5-18/h1-3,17H,4-7,16H2. The van der Waals surface area contributed by atoms with Crippen LogP contribution in [0.3, 0.4) is 0 Å². The van der Waals surface area contributed by atoms with Crippen molar-refractivity contribution in [3.05, 3.63) is 37.9 Å². The highest BCUT2D eigenvalue weighted by Crippen LogP contribution is 2.37. The number of nitrogen functional groups attached to an aromatic ring is 1. The van der Waals surface area contributed by atoms with Gasteiger partial charge in [0.1, 0.15) is 5.00 Å². The summed E-state index contributed by atoms with van der Waals surface area (Å²) < 4.78 is 6.42. The summed E-state index contributed by atoms with van der Waals surface area (Å²) >= 11 is 13.4. The molecule has 0 bridgehead atoms. The maximum atomic E-state index is 12.0. The summed E-state index contributed by atoms with van der Waals surface area (Å²) in [6, 6.07) is 5.19. The lowest BCUT2D eigenvalue weighted by Gasteiger charge is -2.28. The minimum absolute atomic E-state index is 0.257. The van der Waals surface area contributed by atoms with E-state index in [1.165, 1.54) is 0 Å². The Morgan fingerprint density at radius 3 is 2.50 bits per heavy atom. The fourth-order valence-electron chi connectivity index (χ4n) is 2.20. The van der Waals surface area contributed by atoms with Gasteiger partial charge in [0.05, 0.1) is 28.9 Å². The molecule has 6 nitrogen and oxygen atoms in total. The zero-order chi connectivity index (χ0) is 15.7. The Labute approximate surface area is 141 Å². The quantitative estimate of drug-likeness (QED) is 0.822. The summed E-state index contributed by atoms with van der Waals surface area (Å²) in [4.78, 5) is 13.8. The first-order valence-corrected chi connectivity index (χ1v) is 8.20. The molecule has 0 aliphatic carbocycles. The highest BCUT2D eigenvalue weighted by Gasteiger charge is 2.22. The SMILES string of the molecule is Nn1c(Nc2c(Cl)cccc2Cl)c(N2CCOCC2)sc1=O. The van der Waals surface area contributed by atoms with Crippen molar-refractivity contribution in [2.45, 2.75) is 0 Å². The number of rotatable bonds is 3. The number of para-hydroxylation sites is 1. The first-order chi connectivity index (χ1) is 10.6. The minimum atomic E-state index is -0.257. The third-order valence-corrected chi connectivity index (χ3v) is 4.97. The van der Waals surface area contributed by atoms with Crippen LogP contribution < -0.4 is 20.9 Å². The molecule has 0 atom stereocenters. The number of aromatic nitrogens is 1. The van der Waals surface area contributed by atoms with Crippen molar-refractivity contribution in [1.29, 1.82) is 0 Å². The molecule has 0 spiro atoms. The topological polar surface area (TPSA) is 72.5 Å². The highest BCUT2D eigenvalue weighted by molar-refractivity contribution is 7.14. The smallest absolute Gasteiger partial charge is 0.329 e. The van der Waals surface area contributed by atoms with Crippen molar-refractivity contribution in [3.63, 3.8) is 0 Å². The summed E-state index contributed by atoms with van der Waals surface area (Å²) in [5, 5.41) is 4.77. The molecule has 22 heavy (non-hydrogen) atoms. The number of ether oxygens (including phenoxy) is 1. The van der Waals surface area contributed by atoms with Crippen LogP contribution in [0.15, 0.2) is 23.0 Å². The minimum Gasteiger partial charge on any atom is -0.378 e. The molecule has 118 valence electrons. The van der Waals surface area contributed by atoms with Crippen molar-refractivity contribution in [2.24, 2.45) is 0 Å². The Morgan fingerprint density at radius 1 is 1.23 bits per heavy atom. The van der Waals surface area contributed by atoms with Gasteiger partial charge < -0.3 is 20.8 Å². The Kier molecular flexibility index (Phi) is 4.49. The lowest BCUT2D eigenvalue weighted by Crippen LogP contribution is -2.36. The molecule has 3 rings (SSSR count). The maximum absolute atomic E-state index is 12.0. The Hall–Kier alpha value is -1.41. The van der Waals surface area contributed by atoms with Gasteiger partial charge in [0.25, 0.3) is 0 Å². The van der Waals surface area contributed by atoms with E-state index in [0.29, 0.717) is 47.9 Å². The predicted molar refractivity (Wildman–Crippen MR) is 91.5 cm³/mol. The lowest BCUT2D eigenvalue weighted by atomic mass is 10.3. The van der Waals surface area contributed by atoms with E-state index < -0.39 is 0 Å². The number of hydrogen-bond donors (Lipinski definition) is 2. The van der Waals surface area contributed by atoms with Crippen molar-refractivity contribution in [1.82, 2.24) is 4.68 Å². The third-order valence-electron chi connectivity index (χ3n) is 3.33. The van der Waals surface area contributed by atoms with E-state index in [2.05, 4.69) is 10.2 Å². The molecule has 0 amide bonds. The number of nitrogens with zero attached hydrogens (tertiary/aromatic N) is 2. The van der Waals surface area contributed by atoms with E-state index in [-0.39, 0.29) is 4.87 Å². The molecular weight excluding hydrogens is 347 g/mol. The van der Waals surface area contributed by atoms with Crippen molar-refractivity contribution in [2.75, 3.05) is 42.4 Å². The normalized spacial score (nSPS) is 15.1. The summed E-state index contributed by atoms with van der Waals surface area (Å²) in [5.74, 6) is 6.34. The van der Waals surface area contributed by atoms with E-state index in [4.69, 9.17) is 33.8 Å². The summed E-state index contributed by atoms with van der Waals surface area (Å²) in [6.07, 6.45) is 0. The highest BCUT2D eigenvalue weighted by atomic mass is 35.5. The summed E-state index contributed by atoms with van der Waals surface area (Å²) in [5.41, 5.74) is 0.525. The van der Waals surface area contributed by atoms with Crippen LogP contribution in [0.4, 0.5) is 16.5 Å². The Bertz CT molecular complexity index is 720. The van der Waals surface area contributed by atoms with Crippen LogP contribution in [0, 0.1) is 0 Å². The fraction of sp³-hybridized carbons (Fsp3) is 0.308. The van der Waals surface area contributed by atoms with Crippen molar-refractivity contribution >= 4 is 51.0 Å². The molecule has 2 heterocycles. The average molecular weight is 361 g/mol. The van der Waals surface area contributed by atoms with Crippen molar-refractivity contribution in [3.8, 4) is 0 Å². The molecule has 1 aromatic heterocycles. The van der Waals surface area contributed by atoms with Gasteiger partial charge in [-0.1, -0.05) is 40.6 Å². The number of nitrogens with one attached hydrogen (secondary N) is 1. The second-order valence-electron chi connectivity index (χ2n) is 4.71. The molecule has 1 aromatic carbocycles. The predicted octanol–water partition coefficient (Wildman–Crippen LogP) is 2.51. The van der Waals surface area contributed by atoms with Gasteiger partial charge in [-0.15, -0.1) is 0 Å². The summed E-state index contributed by atoms with van der Waals surface area (Å²) in [6.45, 7) is 2.63. The number of nitrogens with two attached hydrogens (primary N) is 1. The lowest BCUT2D eigenvalue weighted by molar-refractivity contribution is 0.123. The van der Waals surface area contributed by atoms with Gasteiger partial charge in [0, 0.05) is 13.1 Å². The van der Waals surface area contributed by atoms with Gasteiger partial charge in [0.15, 0.2) is 5.82 Å². The van der Waals surface area contributed by atoms with E-state index in [9.17, 15) is 4.79 Å². The molecule has 2 aromatic rings. The zero-order valence-electron chi connectivity index (χ0n) is 11.5. The summed E-state index contributed by atoms with van der Waals surface area (Å²) in [7, 11) is 0. The molecule has 1 fully saturated rings. The first kappa shape index (κ1) is 15.5. The molecule has 0 saturated carbocycles. The largest absolute Gasteiger partial charge is 0.378 e. The van der Waals surface area contributed by atoms with Gasteiger partial charge in [-0.25, -0.2) is 0 Å². The Balaban J connectivity index is 2.01. The molecule has 0 unspecified atom stereocenters. The number of halogens is 2. The van der Waals surface area contributed by atoms with Crippen LogP contribution in [-0.4, -0.2) is 31.0 Å². The van der Waals surface area contributed by atoms with Crippen LogP contribution in [0.1, 0.15) is 0 Å². The van der Waals surface area contributed by atoms with Crippen molar-refractivity contribution < 1.29 is 4.74 Å². The van der Waals surface area contributed by atoms with Crippen LogP contribution >= 0.6 is 34.5 Å². The van der Waals surface area contributed by atoms with Crippen LogP contribution in [0.25, 0.3) is 0 Å². The van der Waals surface area contributed by atoms with E-state index >= 15 is 0 Å². The second kappa shape index (κ2) is 6.37. The van der Waals surface area contributed by atoms with E-state index in [1.54, 1.807) is 18.2 Å². The number of hydrogen-bond acceptors (Lipinski definition) is 6. The van der Waals surface area contributed by atoms with Gasteiger partial charge in [-0.3, -0.25) is 4.79 Å². The van der Waals surface area contributed by atoms with Crippen LogP contribution in [0.5, 0.6) is 0 Å². The van der Waals surface area contributed by atoms with E-state index in [1.807, 2.05) is 0 Å². The molecule has 1 aliphatic rings. The monoisotopic (exact) mass is 360 g/mol. The average Bonchev–Trinajstić information content (AvgIpc) is 2.80. The van der Waals surface area contributed by atoms with Gasteiger partial charge in [-0.05, 0) is 12.1 Å². The maximum Gasteiger partial charge on any atom is 0.329 e. The Morgan fingerprint density at radius 2 is 1.86 bits per heavy atom. The van der Waals surface area contributed by atoms with Gasteiger partial charge in [-0.2, -0.15) is 4.68 Å². The molecule has 9 heteroatoms. The zero-order valence-corrected chi connectivity index (χ0v) is 13.8. The molecular formula is C13H14Cl2N4O2S. The molecule has 0 radical (unpaired) electrons.